The van der Waals surface area contributed by atoms with Crippen LogP contribution in [0, 0.1) is 11.3 Å². The number of nitrogens with zero attached hydrogens (tertiary/aromatic N) is 2. The summed E-state index contributed by atoms with van der Waals surface area (Å²) in [5.74, 6) is -0.356. The van der Waals surface area contributed by atoms with E-state index in [1.54, 1.807) is 6.07 Å². The molecule has 3 aromatic rings. The van der Waals surface area contributed by atoms with Crippen molar-refractivity contribution in [2.24, 2.45) is 0 Å². The minimum absolute atomic E-state index is 0.356. The highest BCUT2D eigenvalue weighted by atomic mass is 16.5. The summed E-state index contributed by atoms with van der Waals surface area (Å²) >= 11 is 0. The first kappa shape index (κ1) is 13.2. The lowest BCUT2D eigenvalue weighted by molar-refractivity contribution is 0.0601. The fourth-order valence-corrected chi connectivity index (χ4v) is 2.76. The summed E-state index contributed by atoms with van der Waals surface area (Å²) in [6.45, 7) is 2.90. The van der Waals surface area contributed by atoms with Crippen LogP contribution in [0.4, 0.5) is 0 Å². The summed E-state index contributed by atoms with van der Waals surface area (Å²) in [7, 11) is 1.37. The smallest absolute Gasteiger partial charge is 0.337 e. The van der Waals surface area contributed by atoms with Crippen LogP contribution in [-0.4, -0.2) is 17.6 Å². The fourth-order valence-electron chi connectivity index (χ4n) is 2.76. The van der Waals surface area contributed by atoms with Gasteiger partial charge in [-0.15, -0.1) is 0 Å². The van der Waals surface area contributed by atoms with Gasteiger partial charge in [0.05, 0.1) is 24.3 Å². The largest absolute Gasteiger partial charge is 0.465 e. The van der Waals surface area contributed by atoms with Gasteiger partial charge >= 0.3 is 5.97 Å². The van der Waals surface area contributed by atoms with Crippen molar-refractivity contribution >= 4 is 27.8 Å². The Hall–Kier alpha value is -2.80. The number of hydrogen-bond donors (Lipinski definition) is 0. The van der Waals surface area contributed by atoms with E-state index in [9.17, 15) is 4.79 Å². The Kier molecular flexibility index (Phi) is 3.11. The lowest BCUT2D eigenvalue weighted by Gasteiger charge is -2.03. The van der Waals surface area contributed by atoms with Crippen molar-refractivity contribution in [1.29, 1.82) is 5.26 Å². The number of methoxy groups -OCH3 is 1. The Balaban J connectivity index is 2.41. The number of esters is 1. The summed E-state index contributed by atoms with van der Waals surface area (Å²) in [5, 5.41) is 11.0. The highest BCUT2D eigenvalue weighted by Crippen LogP contribution is 2.30. The average molecular weight is 278 g/mol. The van der Waals surface area contributed by atoms with Crippen molar-refractivity contribution in [1.82, 2.24) is 4.57 Å². The Labute approximate surface area is 122 Å². The highest BCUT2D eigenvalue weighted by molar-refractivity contribution is 6.10. The van der Waals surface area contributed by atoms with E-state index in [2.05, 4.69) is 17.6 Å². The van der Waals surface area contributed by atoms with Gasteiger partial charge in [0.25, 0.3) is 0 Å². The van der Waals surface area contributed by atoms with Crippen LogP contribution in [0.15, 0.2) is 36.4 Å². The third-order valence-electron chi connectivity index (χ3n) is 3.73. The van der Waals surface area contributed by atoms with Crippen molar-refractivity contribution in [2.75, 3.05) is 7.11 Å². The quantitative estimate of drug-likeness (QED) is 0.674. The first-order valence-corrected chi connectivity index (χ1v) is 6.74. The van der Waals surface area contributed by atoms with Crippen molar-refractivity contribution in [2.45, 2.75) is 13.5 Å². The lowest BCUT2D eigenvalue weighted by atomic mass is 10.1. The van der Waals surface area contributed by atoms with Crippen molar-refractivity contribution in [3.63, 3.8) is 0 Å². The van der Waals surface area contributed by atoms with Gasteiger partial charge in [0, 0.05) is 28.4 Å². The molecule has 0 bridgehead atoms. The van der Waals surface area contributed by atoms with Crippen LogP contribution in [0.5, 0.6) is 0 Å². The van der Waals surface area contributed by atoms with Gasteiger partial charge in [0.2, 0.25) is 0 Å². The van der Waals surface area contributed by atoms with Gasteiger partial charge in [0.15, 0.2) is 0 Å². The third kappa shape index (κ3) is 1.95. The molecule has 0 saturated heterocycles. The first-order valence-electron chi connectivity index (χ1n) is 6.74. The second kappa shape index (κ2) is 4.95. The zero-order valence-corrected chi connectivity index (χ0v) is 11.9. The van der Waals surface area contributed by atoms with Crippen LogP contribution in [0.25, 0.3) is 21.8 Å². The zero-order chi connectivity index (χ0) is 15.0. The first-order chi connectivity index (χ1) is 10.2. The Morgan fingerprint density at radius 1 is 1.19 bits per heavy atom. The molecule has 1 aromatic heterocycles. The molecular formula is C17H14N2O2. The van der Waals surface area contributed by atoms with E-state index in [-0.39, 0.29) is 5.97 Å². The molecule has 0 saturated carbocycles. The monoisotopic (exact) mass is 278 g/mol. The number of aryl methyl sites for hydroxylation is 1. The molecule has 1 heterocycles. The maximum Gasteiger partial charge on any atom is 0.337 e. The number of carbonyl (C=O) groups is 1. The summed E-state index contributed by atoms with van der Waals surface area (Å²) in [5.41, 5.74) is 3.24. The lowest BCUT2D eigenvalue weighted by Crippen LogP contribution is -2.00. The van der Waals surface area contributed by atoms with Crippen LogP contribution in [0.1, 0.15) is 22.8 Å². The molecular weight excluding hydrogens is 264 g/mol. The molecule has 0 aliphatic carbocycles. The Morgan fingerprint density at radius 3 is 2.48 bits per heavy atom. The van der Waals surface area contributed by atoms with Gasteiger partial charge in [-0.25, -0.2) is 4.79 Å². The molecule has 2 aromatic carbocycles. The summed E-state index contributed by atoms with van der Waals surface area (Å²) in [6.07, 6.45) is 0. The number of carbonyl (C=O) groups excluding carboxylic acids is 1. The highest BCUT2D eigenvalue weighted by Gasteiger charge is 2.13. The molecule has 0 atom stereocenters. The molecule has 0 radical (unpaired) electrons. The molecule has 3 rings (SSSR count). The van der Waals surface area contributed by atoms with E-state index in [4.69, 9.17) is 10.00 Å². The van der Waals surface area contributed by atoms with Crippen LogP contribution in [0.3, 0.4) is 0 Å². The second-order valence-electron chi connectivity index (χ2n) is 4.81. The minimum Gasteiger partial charge on any atom is -0.465 e. The number of hydrogen-bond acceptors (Lipinski definition) is 3. The minimum atomic E-state index is -0.356. The van der Waals surface area contributed by atoms with E-state index < -0.39 is 0 Å². The standard InChI is InChI=1S/C17H14N2O2/c1-3-19-15-6-4-11(10-18)8-13(15)14-9-12(17(20)21-2)5-7-16(14)19/h4-9H,3H2,1-2H3. The van der Waals surface area contributed by atoms with Crippen molar-refractivity contribution < 1.29 is 9.53 Å². The van der Waals surface area contributed by atoms with Crippen LogP contribution in [-0.2, 0) is 11.3 Å². The van der Waals surface area contributed by atoms with E-state index in [0.29, 0.717) is 11.1 Å². The normalized spacial score (nSPS) is 10.7. The van der Waals surface area contributed by atoms with E-state index in [1.165, 1.54) is 7.11 Å². The average Bonchev–Trinajstić information content (AvgIpc) is 2.86. The second-order valence-corrected chi connectivity index (χ2v) is 4.81. The number of nitriles is 1. The molecule has 0 aliphatic rings. The fraction of sp³-hybridized carbons (Fsp3) is 0.176. The Morgan fingerprint density at radius 2 is 1.86 bits per heavy atom. The molecule has 0 amide bonds. The van der Waals surface area contributed by atoms with Gasteiger partial charge in [-0.3, -0.25) is 0 Å². The molecule has 0 unspecified atom stereocenters. The maximum absolute atomic E-state index is 11.7. The van der Waals surface area contributed by atoms with Gasteiger partial charge < -0.3 is 9.30 Å². The van der Waals surface area contributed by atoms with Gasteiger partial charge in [-0.05, 0) is 43.3 Å². The number of ether oxygens (including phenoxy) is 1. The van der Waals surface area contributed by atoms with Gasteiger partial charge in [-0.1, -0.05) is 0 Å². The maximum atomic E-state index is 11.7. The van der Waals surface area contributed by atoms with Crippen LogP contribution >= 0.6 is 0 Å². The van der Waals surface area contributed by atoms with E-state index in [1.807, 2.05) is 30.3 Å². The molecule has 4 nitrogen and oxygen atoms in total. The molecule has 4 heteroatoms. The number of benzene rings is 2. The summed E-state index contributed by atoms with van der Waals surface area (Å²) in [4.78, 5) is 11.7. The molecule has 0 spiro atoms. The van der Waals surface area contributed by atoms with E-state index >= 15 is 0 Å². The topological polar surface area (TPSA) is 55.0 Å². The van der Waals surface area contributed by atoms with E-state index in [0.717, 1.165) is 28.4 Å². The van der Waals surface area contributed by atoms with Crippen LogP contribution in [0.2, 0.25) is 0 Å². The number of rotatable bonds is 2. The number of aromatic nitrogens is 1. The molecule has 0 N–H and O–H groups in total. The van der Waals surface area contributed by atoms with Crippen molar-refractivity contribution in [3.05, 3.63) is 47.5 Å². The molecule has 0 fully saturated rings. The SMILES string of the molecule is CCn1c2ccc(C#N)cc2c2cc(C(=O)OC)ccc21. The zero-order valence-electron chi connectivity index (χ0n) is 11.9. The summed E-state index contributed by atoms with van der Waals surface area (Å²) < 4.78 is 6.95. The van der Waals surface area contributed by atoms with Gasteiger partial charge in [0.1, 0.15) is 0 Å². The predicted molar refractivity (Wildman–Crippen MR) is 81.2 cm³/mol. The number of fused-ring (bicyclic) bond motifs is 3. The molecule has 104 valence electrons. The van der Waals surface area contributed by atoms with Crippen molar-refractivity contribution in [3.8, 4) is 6.07 Å². The Bertz CT molecular complexity index is 900. The summed E-state index contributed by atoms with van der Waals surface area (Å²) in [6, 6.07) is 13.3. The third-order valence-corrected chi connectivity index (χ3v) is 3.73. The predicted octanol–water partition coefficient (Wildman–Crippen LogP) is 3.47. The molecule has 0 aliphatic heterocycles. The molecule has 21 heavy (non-hydrogen) atoms. The van der Waals surface area contributed by atoms with Crippen LogP contribution < -0.4 is 0 Å². The van der Waals surface area contributed by atoms with Gasteiger partial charge in [-0.2, -0.15) is 5.26 Å².